The summed E-state index contributed by atoms with van der Waals surface area (Å²) in [6, 6.07) is 6.79. The average Bonchev–Trinajstić information content (AvgIpc) is 3.13. The Kier molecular flexibility index (Phi) is 3.54. The first-order valence-corrected chi connectivity index (χ1v) is 6.30. The van der Waals surface area contributed by atoms with Gasteiger partial charge in [-0.25, -0.2) is 0 Å². The molecule has 1 saturated carbocycles. The third-order valence-electron chi connectivity index (χ3n) is 3.06. The molecule has 0 bridgehead atoms. The average molecular weight is 225 g/mol. The number of allylic oxidation sites excluding steroid dienone is 1. The Morgan fingerprint density at radius 3 is 2.88 bits per heavy atom. The molecular formula is C16H19N. The minimum Gasteiger partial charge on any atom is -0.382 e. The van der Waals surface area contributed by atoms with Crippen LogP contribution in [0.25, 0.3) is 5.57 Å². The molecule has 1 aliphatic rings. The third-order valence-corrected chi connectivity index (χ3v) is 3.06. The van der Waals surface area contributed by atoms with Crippen LogP contribution in [0.5, 0.6) is 0 Å². The van der Waals surface area contributed by atoms with Gasteiger partial charge in [0.05, 0.1) is 0 Å². The van der Waals surface area contributed by atoms with E-state index in [-0.39, 0.29) is 0 Å². The van der Waals surface area contributed by atoms with E-state index in [9.17, 15) is 0 Å². The van der Waals surface area contributed by atoms with Crippen molar-refractivity contribution < 1.29 is 0 Å². The van der Waals surface area contributed by atoms with Crippen LogP contribution in [0.15, 0.2) is 24.8 Å². The maximum Gasteiger partial charge on any atom is 0.0431 e. The van der Waals surface area contributed by atoms with Crippen molar-refractivity contribution >= 4 is 11.3 Å². The molecule has 0 aliphatic heterocycles. The molecule has 0 atom stereocenters. The fourth-order valence-electron chi connectivity index (χ4n) is 1.95. The quantitative estimate of drug-likeness (QED) is 0.745. The van der Waals surface area contributed by atoms with Crippen LogP contribution in [-0.4, -0.2) is 6.04 Å². The fraction of sp³-hybridized carbons (Fsp3) is 0.375. The molecule has 1 nitrogen and oxygen atoms in total. The fourth-order valence-corrected chi connectivity index (χ4v) is 1.95. The van der Waals surface area contributed by atoms with Gasteiger partial charge < -0.3 is 5.32 Å². The lowest BCUT2D eigenvalue weighted by Crippen LogP contribution is -2.04. The van der Waals surface area contributed by atoms with Crippen LogP contribution in [0.1, 0.15) is 43.7 Å². The van der Waals surface area contributed by atoms with Gasteiger partial charge in [-0.2, -0.15) is 0 Å². The number of nitrogens with one attached hydrogen (secondary N) is 1. The number of terminal acetylenes is 1. The molecule has 0 unspecified atom stereocenters. The Hall–Kier alpha value is -1.68. The van der Waals surface area contributed by atoms with Crippen molar-refractivity contribution in [2.75, 3.05) is 5.32 Å². The van der Waals surface area contributed by atoms with E-state index in [0.29, 0.717) is 6.04 Å². The summed E-state index contributed by atoms with van der Waals surface area (Å²) in [5, 5.41) is 3.54. The minimum absolute atomic E-state index is 0.635. The molecule has 0 aromatic heterocycles. The van der Waals surface area contributed by atoms with Gasteiger partial charge in [0.1, 0.15) is 0 Å². The number of hydrogen-bond acceptors (Lipinski definition) is 1. The zero-order valence-corrected chi connectivity index (χ0v) is 10.4. The van der Waals surface area contributed by atoms with Crippen molar-refractivity contribution in [2.24, 2.45) is 0 Å². The molecule has 2 rings (SSSR count). The highest BCUT2D eigenvalue weighted by Crippen LogP contribution is 2.31. The van der Waals surface area contributed by atoms with Crippen molar-refractivity contribution in [3.63, 3.8) is 0 Å². The molecule has 0 radical (unpaired) electrons. The summed E-state index contributed by atoms with van der Waals surface area (Å²) >= 11 is 0. The van der Waals surface area contributed by atoms with E-state index in [2.05, 4.69) is 36.9 Å². The van der Waals surface area contributed by atoms with E-state index in [1.807, 2.05) is 6.07 Å². The molecule has 0 amide bonds. The van der Waals surface area contributed by atoms with Crippen LogP contribution in [0.3, 0.4) is 0 Å². The number of hydrogen-bond donors (Lipinski definition) is 1. The van der Waals surface area contributed by atoms with Gasteiger partial charge in [0, 0.05) is 22.9 Å². The van der Waals surface area contributed by atoms with Crippen molar-refractivity contribution in [1.82, 2.24) is 0 Å². The molecule has 0 saturated heterocycles. The second kappa shape index (κ2) is 5.10. The van der Waals surface area contributed by atoms with E-state index in [4.69, 9.17) is 6.42 Å². The zero-order valence-electron chi connectivity index (χ0n) is 10.4. The Morgan fingerprint density at radius 1 is 1.53 bits per heavy atom. The highest BCUT2D eigenvalue weighted by Gasteiger charge is 2.22. The topological polar surface area (TPSA) is 12.0 Å². The molecule has 1 aliphatic carbocycles. The van der Waals surface area contributed by atoms with Crippen molar-refractivity contribution in [3.8, 4) is 12.3 Å². The summed E-state index contributed by atoms with van der Waals surface area (Å²) < 4.78 is 0. The number of anilines is 1. The molecule has 0 spiro atoms. The summed E-state index contributed by atoms with van der Waals surface area (Å²) in [6.45, 7) is 6.34. The van der Waals surface area contributed by atoms with E-state index in [0.717, 1.165) is 24.1 Å². The predicted octanol–water partition coefficient (Wildman–Crippen LogP) is 4.06. The van der Waals surface area contributed by atoms with Crippen LogP contribution in [0, 0.1) is 12.3 Å². The first-order valence-electron chi connectivity index (χ1n) is 6.30. The summed E-state index contributed by atoms with van der Waals surface area (Å²) in [5.41, 5.74) is 4.50. The summed E-state index contributed by atoms with van der Waals surface area (Å²) in [5.74, 6) is 2.69. The summed E-state index contributed by atoms with van der Waals surface area (Å²) in [6.07, 6.45) is 10.1. The Morgan fingerprint density at radius 2 is 2.29 bits per heavy atom. The first-order chi connectivity index (χ1) is 8.24. The van der Waals surface area contributed by atoms with Crippen molar-refractivity contribution in [1.29, 1.82) is 0 Å². The van der Waals surface area contributed by atoms with E-state index in [1.165, 1.54) is 24.0 Å². The van der Waals surface area contributed by atoms with Gasteiger partial charge in [-0.05, 0) is 37.0 Å². The lowest BCUT2D eigenvalue weighted by Gasteiger charge is -2.14. The normalized spacial score (nSPS) is 14.1. The second-order valence-corrected chi connectivity index (χ2v) is 4.68. The van der Waals surface area contributed by atoms with Crippen LogP contribution < -0.4 is 5.32 Å². The lowest BCUT2D eigenvalue weighted by molar-refractivity contribution is 0.974. The molecule has 0 heterocycles. The monoisotopic (exact) mass is 225 g/mol. The van der Waals surface area contributed by atoms with Gasteiger partial charge >= 0.3 is 0 Å². The number of benzene rings is 1. The van der Waals surface area contributed by atoms with Gasteiger partial charge in [-0.15, -0.1) is 6.42 Å². The summed E-state index contributed by atoms with van der Waals surface area (Å²) in [7, 11) is 0. The largest absolute Gasteiger partial charge is 0.382 e. The smallest absolute Gasteiger partial charge is 0.0431 e. The third kappa shape index (κ3) is 2.91. The SMILES string of the molecule is C#Cc1ccc(C(=C)CCC)c(NC2CC2)c1. The number of rotatable bonds is 5. The highest BCUT2D eigenvalue weighted by molar-refractivity contribution is 5.76. The molecular weight excluding hydrogens is 206 g/mol. The molecule has 1 aromatic rings. The van der Waals surface area contributed by atoms with Crippen LogP contribution in [0.2, 0.25) is 0 Å². The Labute approximate surface area is 104 Å². The maximum atomic E-state index is 5.45. The predicted molar refractivity (Wildman–Crippen MR) is 75.0 cm³/mol. The standard InChI is InChI=1S/C16H19N/c1-4-6-12(3)15-10-7-13(5-2)11-16(15)17-14-8-9-14/h2,7,10-11,14,17H,3-4,6,8-9H2,1H3. The lowest BCUT2D eigenvalue weighted by atomic mass is 9.99. The molecule has 17 heavy (non-hydrogen) atoms. The van der Waals surface area contributed by atoms with E-state index in [1.54, 1.807) is 0 Å². The maximum absolute atomic E-state index is 5.45. The van der Waals surface area contributed by atoms with Gasteiger partial charge in [-0.1, -0.05) is 31.9 Å². The second-order valence-electron chi connectivity index (χ2n) is 4.68. The van der Waals surface area contributed by atoms with Gasteiger partial charge in [0.25, 0.3) is 0 Å². The van der Waals surface area contributed by atoms with Crippen LogP contribution in [-0.2, 0) is 0 Å². The van der Waals surface area contributed by atoms with Crippen LogP contribution >= 0.6 is 0 Å². The van der Waals surface area contributed by atoms with Crippen molar-refractivity contribution in [3.05, 3.63) is 35.9 Å². The molecule has 1 fully saturated rings. The van der Waals surface area contributed by atoms with Crippen LogP contribution in [0.4, 0.5) is 5.69 Å². The molecule has 1 heteroatoms. The Bertz CT molecular complexity index is 461. The summed E-state index contributed by atoms with van der Waals surface area (Å²) in [4.78, 5) is 0. The molecule has 1 aromatic carbocycles. The molecule has 88 valence electrons. The minimum atomic E-state index is 0.635. The Balaban J connectivity index is 2.28. The first kappa shape index (κ1) is 11.8. The van der Waals surface area contributed by atoms with E-state index < -0.39 is 0 Å². The van der Waals surface area contributed by atoms with Gasteiger partial charge in [-0.3, -0.25) is 0 Å². The van der Waals surface area contributed by atoms with Gasteiger partial charge in [0.2, 0.25) is 0 Å². The van der Waals surface area contributed by atoms with E-state index >= 15 is 0 Å². The highest BCUT2D eigenvalue weighted by atomic mass is 15.0. The van der Waals surface area contributed by atoms with Crippen molar-refractivity contribution in [2.45, 2.75) is 38.6 Å². The molecule has 1 N–H and O–H groups in total. The van der Waals surface area contributed by atoms with Gasteiger partial charge in [0.15, 0.2) is 0 Å². The zero-order chi connectivity index (χ0) is 12.3.